The third-order valence-corrected chi connectivity index (χ3v) is 3.82. The molecule has 1 N–H and O–H groups in total. The van der Waals surface area contributed by atoms with Crippen LogP contribution >= 0.6 is 11.3 Å². The summed E-state index contributed by atoms with van der Waals surface area (Å²) >= 11 is 1.61. The molecule has 0 atom stereocenters. The lowest BCUT2D eigenvalue weighted by Gasteiger charge is -2.07. The number of rotatable bonds is 6. The van der Waals surface area contributed by atoms with E-state index in [1.807, 2.05) is 53.2 Å². The number of aromatic nitrogens is 2. The average molecular weight is 325 g/mol. The summed E-state index contributed by atoms with van der Waals surface area (Å²) in [7, 11) is 0. The van der Waals surface area contributed by atoms with Crippen LogP contribution in [0.2, 0.25) is 0 Å². The number of anilines is 1. The first kappa shape index (κ1) is 15.2. The SMILES string of the molecule is O=C(CNc1cc(-c2ccsc2)ncn1)OCc1ccccc1. The second kappa shape index (κ2) is 7.51. The van der Waals surface area contributed by atoms with Crippen LogP contribution in [0.25, 0.3) is 11.3 Å². The number of esters is 1. The summed E-state index contributed by atoms with van der Waals surface area (Å²) in [4.78, 5) is 20.1. The third kappa shape index (κ3) is 4.37. The van der Waals surface area contributed by atoms with Gasteiger partial charge in [0.25, 0.3) is 0 Å². The summed E-state index contributed by atoms with van der Waals surface area (Å²) in [6.45, 7) is 0.332. The van der Waals surface area contributed by atoms with Gasteiger partial charge in [0, 0.05) is 17.0 Å². The van der Waals surface area contributed by atoms with Gasteiger partial charge in [0.05, 0.1) is 5.69 Å². The van der Waals surface area contributed by atoms with E-state index >= 15 is 0 Å². The molecule has 0 aliphatic heterocycles. The minimum absolute atomic E-state index is 0.0624. The van der Waals surface area contributed by atoms with Crippen LogP contribution in [0, 0.1) is 0 Å². The first-order chi connectivity index (χ1) is 11.3. The number of nitrogens with one attached hydrogen (secondary N) is 1. The van der Waals surface area contributed by atoms with Crippen molar-refractivity contribution in [1.29, 1.82) is 0 Å². The summed E-state index contributed by atoms with van der Waals surface area (Å²) in [6.07, 6.45) is 1.48. The Morgan fingerprint density at radius 1 is 1.17 bits per heavy atom. The molecule has 116 valence electrons. The number of hydrogen-bond donors (Lipinski definition) is 1. The van der Waals surface area contributed by atoms with Crippen molar-refractivity contribution in [2.75, 3.05) is 11.9 Å². The minimum Gasteiger partial charge on any atom is -0.460 e. The largest absolute Gasteiger partial charge is 0.460 e. The summed E-state index contributed by atoms with van der Waals surface area (Å²) < 4.78 is 5.21. The van der Waals surface area contributed by atoms with Crippen molar-refractivity contribution in [3.05, 3.63) is 65.1 Å². The van der Waals surface area contributed by atoms with Crippen molar-refractivity contribution < 1.29 is 9.53 Å². The second-order valence-electron chi connectivity index (χ2n) is 4.80. The van der Waals surface area contributed by atoms with Crippen LogP contribution < -0.4 is 5.32 Å². The van der Waals surface area contributed by atoms with Gasteiger partial charge in [-0.25, -0.2) is 9.97 Å². The van der Waals surface area contributed by atoms with Gasteiger partial charge in [-0.1, -0.05) is 30.3 Å². The lowest BCUT2D eigenvalue weighted by atomic mass is 10.2. The lowest BCUT2D eigenvalue weighted by molar-refractivity contribution is -0.142. The molecule has 0 amide bonds. The lowest BCUT2D eigenvalue weighted by Crippen LogP contribution is -2.17. The average Bonchev–Trinajstić information content (AvgIpc) is 3.14. The van der Waals surface area contributed by atoms with Crippen LogP contribution in [0.5, 0.6) is 0 Å². The molecule has 3 aromatic rings. The molecule has 0 saturated carbocycles. The van der Waals surface area contributed by atoms with Gasteiger partial charge in [-0.15, -0.1) is 0 Å². The number of benzene rings is 1. The summed E-state index contributed by atoms with van der Waals surface area (Å²) in [5.74, 6) is 0.266. The molecule has 6 heteroatoms. The highest BCUT2D eigenvalue weighted by molar-refractivity contribution is 7.08. The van der Waals surface area contributed by atoms with Gasteiger partial charge in [-0.05, 0) is 17.0 Å². The number of carbonyl (C=O) groups is 1. The Kier molecular flexibility index (Phi) is 4.95. The maximum absolute atomic E-state index is 11.8. The monoisotopic (exact) mass is 325 g/mol. The Balaban J connectivity index is 1.52. The van der Waals surface area contributed by atoms with E-state index in [4.69, 9.17) is 4.74 Å². The molecule has 2 heterocycles. The molecule has 5 nitrogen and oxygen atoms in total. The Morgan fingerprint density at radius 2 is 2.04 bits per heavy atom. The zero-order valence-corrected chi connectivity index (χ0v) is 13.1. The zero-order valence-electron chi connectivity index (χ0n) is 12.3. The highest BCUT2D eigenvalue weighted by Crippen LogP contribution is 2.21. The Hall–Kier alpha value is -2.73. The Morgan fingerprint density at radius 3 is 2.83 bits per heavy atom. The molecule has 3 rings (SSSR count). The highest BCUT2D eigenvalue weighted by atomic mass is 32.1. The smallest absolute Gasteiger partial charge is 0.325 e. The molecule has 23 heavy (non-hydrogen) atoms. The molecule has 0 saturated heterocycles. The predicted octanol–water partition coefficient (Wildman–Crippen LogP) is 3.36. The summed E-state index contributed by atoms with van der Waals surface area (Å²) in [5, 5.41) is 6.97. The quantitative estimate of drug-likeness (QED) is 0.704. The zero-order chi connectivity index (χ0) is 15.9. The van der Waals surface area contributed by atoms with E-state index in [0.29, 0.717) is 5.82 Å². The van der Waals surface area contributed by atoms with Gasteiger partial charge in [0.15, 0.2) is 0 Å². The number of hydrogen-bond acceptors (Lipinski definition) is 6. The fourth-order valence-electron chi connectivity index (χ4n) is 1.97. The maximum Gasteiger partial charge on any atom is 0.325 e. The van der Waals surface area contributed by atoms with Gasteiger partial charge in [0.1, 0.15) is 25.3 Å². The molecule has 0 aliphatic carbocycles. The molecule has 0 unspecified atom stereocenters. The van der Waals surface area contributed by atoms with E-state index in [1.54, 1.807) is 11.3 Å². The standard InChI is InChI=1S/C17H15N3O2S/c21-17(22-10-13-4-2-1-3-5-13)9-18-16-8-15(19-12-20-16)14-6-7-23-11-14/h1-8,11-12H,9-10H2,(H,18,19,20). The van der Waals surface area contributed by atoms with Crippen molar-refractivity contribution >= 4 is 23.1 Å². The molecule has 1 aromatic carbocycles. The first-order valence-corrected chi connectivity index (χ1v) is 8.03. The second-order valence-corrected chi connectivity index (χ2v) is 5.58. The number of nitrogens with zero attached hydrogens (tertiary/aromatic N) is 2. The number of carbonyl (C=O) groups excluding carboxylic acids is 1. The summed E-state index contributed by atoms with van der Waals surface area (Å²) in [5.41, 5.74) is 2.82. The van der Waals surface area contributed by atoms with Crippen molar-refractivity contribution in [2.24, 2.45) is 0 Å². The number of ether oxygens (including phenoxy) is 1. The van der Waals surface area contributed by atoms with Crippen LogP contribution in [0.1, 0.15) is 5.56 Å². The fourth-order valence-corrected chi connectivity index (χ4v) is 2.62. The van der Waals surface area contributed by atoms with Crippen LogP contribution in [-0.4, -0.2) is 22.5 Å². The fraction of sp³-hybridized carbons (Fsp3) is 0.118. The molecule has 0 bridgehead atoms. The van der Waals surface area contributed by atoms with Gasteiger partial charge < -0.3 is 10.1 Å². The van der Waals surface area contributed by atoms with Gasteiger partial charge >= 0.3 is 5.97 Å². The van der Waals surface area contributed by atoms with Crippen LogP contribution in [0.3, 0.4) is 0 Å². The molecule has 2 aromatic heterocycles. The van der Waals surface area contributed by atoms with E-state index in [0.717, 1.165) is 16.8 Å². The van der Waals surface area contributed by atoms with E-state index in [1.165, 1.54) is 6.33 Å². The van der Waals surface area contributed by atoms with Crippen LogP contribution in [0.15, 0.2) is 59.6 Å². The van der Waals surface area contributed by atoms with E-state index in [-0.39, 0.29) is 19.1 Å². The van der Waals surface area contributed by atoms with Gasteiger partial charge in [-0.2, -0.15) is 11.3 Å². The Bertz CT molecular complexity index is 761. The van der Waals surface area contributed by atoms with Gasteiger partial charge in [0.2, 0.25) is 0 Å². The van der Waals surface area contributed by atoms with Crippen molar-refractivity contribution in [1.82, 2.24) is 9.97 Å². The minimum atomic E-state index is -0.329. The van der Waals surface area contributed by atoms with Crippen LogP contribution in [-0.2, 0) is 16.1 Å². The molecule has 0 aliphatic rings. The molecule has 0 fully saturated rings. The van der Waals surface area contributed by atoms with Crippen LogP contribution in [0.4, 0.5) is 5.82 Å². The maximum atomic E-state index is 11.8. The van der Waals surface area contributed by atoms with E-state index < -0.39 is 0 Å². The van der Waals surface area contributed by atoms with Gasteiger partial charge in [-0.3, -0.25) is 4.79 Å². The predicted molar refractivity (Wildman–Crippen MR) is 90.1 cm³/mol. The first-order valence-electron chi connectivity index (χ1n) is 7.09. The molecule has 0 spiro atoms. The normalized spacial score (nSPS) is 10.3. The van der Waals surface area contributed by atoms with E-state index in [9.17, 15) is 4.79 Å². The number of thiophene rings is 1. The third-order valence-electron chi connectivity index (χ3n) is 3.14. The van der Waals surface area contributed by atoms with Crippen molar-refractivity contribution in [3.63, 3.8) is 0 Å². The molecular formula is C17H15N3O2S. The van der Waals surface area contributed by atoms with Crippen molar-refractivity contribution in [2.45, 2.75) is 6.61 Å². The topological polar surface area (TPSA) is 64.1 Å². The molecule has 0 radical (unpaired) electrons. The Labute approximate surface area is 138 Å². The van der Waals surface area contributed by atoms with Crippen molar-refractivity contribution in [3.8, 4) is 11.3 Å². The molecular weight excluding hydrogens is 310 g/mol. The van der Waals surface area contributed by atoms with E-state index in [2.05, 4.69) is 15.3 Å². The summed E-state index contributed by atoms with van der Waals surface area (Å²) in [6, 6.07) is 13.4. The highest BCUT2D eigenvalue weighted by Gasteiger charge is 2.06.